The molecule has 1 fully saturated rings. The highest BCUT2D eigenvalue weighted by atomic mass is 79.9. The zero-order chi connectivity index (χ0) is 19.2. The number of aromatic nitrogens is 1. The lowest BCUT2D eigenvalue weighted by Gasteiger charge is -2.34. The van der Waals surface area contributed by atoms with E-state index in [1.54, 1.807) is 12.3 Å². The Balaban J connectivity index is 1.45. The van der Waals surface area contributed by atoms with Crippen LogP contribution < -0.4 is 15.8 Å². The second kappa shape index (κ2) is 8.87. The Morgan fingerprint density at radius 1 is 1.19 bits per heavy atom. The molecule has 2 aromatic rings. The summed E-state index contributed by atoms with van der Waals surface area (Å²) in [7, 11) is 0. The highest BCUT2D eigenvalue weighted by molar-refractivity contribution is 9.10. The van der Waals surface area contributed by atoms with Crippen LogP contribution in [0.3, 0.4) is 0 Å². The molecular formula is C20H21BrN4O2. The first-order valence-corrected chi connectivity index (χ1v) is 9.75. The van der Waals surface area contributed by atoms with Crippen LogP contribution in [0.15, 0.2) is 51.9 Å². The quantitative estimate of drug-likeness (QED) is 0.793. The van der Waals surface area contributed by atoms with Gasteiger partial charge in [0.05, 0.1) is 11.6 Å². The van der Waals surface area contributed by atoms with Gasteiger partial charge < -0.3 is 14.8 Å². The van der Waals surface area contributed by atoms with Crippen LogP contribution in [0.2, 0.25) is 0 Å². The topological polar surface area (TPSA) is 78.1 Å². The van der Waals surface area contributed by atoms with Crippen molar-refractivity contribution in [1.29, 1.82) is 5.26 Å². The van der Waals surface area contributed by atoms with Crippen molar-refractivity contribution in [2.24, 2.45) is 0 Å². The molecule has 6 nitrogen and oxygen atoms in total. The number of carbonyl (C=O) groups excluding carboxylic acids is 1. The maximum Gasteiger partial charge on any atom is 0.250 e. The normalized spacial score (nSPS) is 14.6. The lowest BCUT2D eigenvalue weighted by molar-refractivity contribution is -0.122. The SMILES string of the molecule is N#Cc1ccc(N2CCC(NC(=O)CCn3cc(Br)ccc3=O)CC2)cc1. The molecule has 1 amide bonds. The van der Waals surface area contributed by atoms with Gasteiger partial charge >= 0.3 is 0 Å². The number of halogens is 1. The molecule has 1 aliphatic rings. The maximum atomic E-state index is 12.2. The Morgan fingerprint density at radius 2 is 1.89 bits per heavy atom. The fourth-order valence-electron chi connectivity index (χ4n) is 3.23. The number of amides is 1. The molecule has 7 heteroatoms. The number of carbonyl (C=O) groups is 1. The van der Waals surface area contributed by atoms with Gasteiger partial charge in [0.2, 0.25) is 5.91 Å². The van der Waals surface area contributed by atoms with Crippen LogP contribution in [-0.2, 0) is 11.3 Å². The summed E-state index contributed by atoms with van der Waals surface area (Å²) in [4.78, 5) is 26.3. The van der Waals surface area contributed by atoms with E-state index in [1.807, 2.05) is 24.3 Å². The maximum absolute atomic E-state index is 12.2. The molecule has 1 aliphatic heterocycles. The number of anilines is 1. The molecule has 140 valence electrons. The van der Waals surface area contributed by atoms with Crippen LogP contribution in [0.1, 0.15) is 24.8 Å². The number of nitrogens with zero attached hydrogens (tertiary/aromatic N) is 3. The molecule has 27 heavy (non-hydrogen) atoms. The van der Waals surface area contributed by atoms with E-state index in [1.165, 1.54) is 10.6 Å². The average molecular weight is 429 g/mol. The lowest BCUT2D eigenvalue weighted by Crippen LogP contribution is -2.45. The van der Waals surface area contributed by atoms with Crippen LogP contribution >= 0.6 is 15.9 Å². The number of nitrogens with one attached hydrogen (secondary N) is 1. The fourth-order valence-corrected chi connectivity index (χ4v) is 3.61. The first-order valence-electron chi connectivity index (χ1n) is 8.95. The first kappa shape index (κ1) is 19.2. The minimum absolute atomic E-state index is 0.0290. The molecule has 0 bridgehead atoms. The predicted octanol–water partition coefficient (Wildman–Crippen LogP) is 2.66. The van der Waals surface area contributed by atoms with Gasteiger partial charge in [-0.2, -0.15) is 5.26 Å². The van der Waals surface area contributed by atoms with Gasteiger partial charge in [-0.25, -0.2) is 0 Å². The van der Waals surface area contributed by atoms with Gasteiger partial charge in [-0.05, 0) is 59.1 Å². The number of rotatable bonds is 5. The molecule has 0 radical (unpaired) electrons. The summed E-state index contributed by atoms with van der Waals surface area (Å²) in [5.41, 5.74) is 1.65. The Labute approximate surface area is 166 Å². The third-order valence-electron chi connectivity index (χ3n) is 4.75. The largest absolute Gasteiger partial charge is 0.371 e. The summed E-state index contributed by atoms with van der Waals surface area (Å²) in [5.74, 6) is -0.0290. The minimum atomic E-state index is -0.110. The molecule has 0 spiro atoms. The van der Waals surface area contributed by atoms with Crippen molar-refractivity contribution < 1.29 is 4.79 Å². The second-order valence-electron chi connectivity index (χ2n) is 6.62. The summed E-state index contributed by atoms with van der Waals surface area (Å²) in [6, 6.07) is 13.1. The molecule has 0 atom stereocenters. The summed E-state index contributed by atoms with van der Waals surface area (Å²) >= 11 is 3.34. The molecule has 2 heterocycles. The van der Waals surface area contributed by atoms with E-state index in [2.05, 4.69) is 32.2 Å². The molecule has 0 aliphatic carbocycles. The van der Waals surface area contributed by atoms with E-state index in [4.69, 9.17) is 5.26 Å². The van der Waals surface area contributed by atoms with Gasteiger partial charge in [0, 0.05) is 54.5 Å². The lowest BCUT2D eigenvalue weighted by atomic mass is 10.0. The highest BCUT2D eigenvalue weighted by Crippen LogP contribution is 2.20. The number of aryl methyl sites for hydroxylation is 1. The summed E-state index contributed by atoms with van der Waals surface area (Å²) in [6.45, 7) is 2.10. The number of benzene rings is 1. The molecular weight excluding hydrogens is 408 g/mol. The second-order valence-corrected chi connectivity index (χ2v) is 7.53. The molecule has 1 aromatic heterocycles. The van der Waals surface area contributed by atoms with Crippen molar-refractivity contribution in [2.75, 3.05) is 18.0 Å². The smallest absolute Gasteiger partial charge is 0.250 e. The minimum Gasteiger partial charge on any atom is -0.371 e. The number of pyridine rings is 1. The first-order chi connectivity index (χ1) is 13.0. The molecule has 1 aromatic carbocycles. The van der Waals surface area contributed by atoms with Gasteiger partial charge in [0.1, 0.15) is 0 Å². The Hall–Kier alpha value is -2.59. The number of piperidine rings is 1. The zero-order valence-electron chi connectivity index (χ0n) is 14.9. The summed E-state index contributed by atoms with van der Waals surface area (Å²) in [6.07, 6.45) is 3.74. The number of nitriles is 1. The number of hydrogen-bond acceptors (Lipinski definition) is 4. The number of hydrogen-bond donors (Lipinski definition) is 1. The molecule has 3 rings (SSSR count). The van der Waals surface area contributed by atoms with E-state index >= 15 is 0 Å². The van der Waals surface area contributed by atoms with Crippen molar-refractivity contribution in [3.05, 3.63) is 63.0 Å². The average Bonchev–Trinajstić information content (AvgIpc) is 2.69. The molecule has 1 saturated heterocycles. The van der Waals surface area contributed by atoms with Crippen molar-refractivity contribution in [3.63, 3.8) is 0 Å². The van der Waals surface area contributed by atoms with E-state index < -0.39 is 0 Å². The van der Waals surface area contributed by atoms with Gasteiger partial charge in [0.15, 0.2) is 0 Å². The standard InChI is InChI=1S/C20H21BrN4O2/c21-16-3-6-20(27)25(14-16)12-9-19(26)23-17-7-10-24(11-8-17)18-4-1-15(13-22)2-5-18/h1-6,14,17H,7-12H2,(H,23,26). The summed E-state index contributed by atoms with van der Waals surface area (Å²) < 4.78 is 2.36. The van der Waals surface area contributed by atoms with Crippen LogP contribution in [0.25, 0.3) is 0 Å². The van der Waals surface area contributed by atoms with Gasteiger partial charge in [-0.15, -0.1) is 0 Å². The van der Waals surface area contributed by atoms with Gasteiger partial charge in [-0.1, -0.05) is 0 Å². The Bertz CT molecular complexity index is 893. The van der Waals surface area contributed by atoms with Gasteiger partial charge in [0.25, 0.3) is 5.56 Å². The Kier molecular flexibility index (Phi) is 6.30. The van der Waals surface area contributed by atoms with E-state index in [-0.39, 0.29) is 23.9 Å². The van der Waals surface area contributed by atoms with Crippen LogP contribution in [-0.4, -0.2) is 29.6 Å². The van der Waals surface area contributed by atoms with Crippen molar-refractivity contribution in [1.82, 2.24) is 9.88 Å². The zero-order valence-corrected chi connectivity index (χ0v) is 16.5. The third-order valence-corrected chi connectivity index (χ3v) is 5.22. The summed E-state index contributed by atoms with van der Waals surface area (Å²) in [5, 5.41) is 12.0. The van der Waals surface area contributed by atoms with E-state index in [0.717, 1.165) is 36.1 Å². The van der Waals surface area contributed by atoms with Crippen molar-refractivity contribution in [2.45, 2.75) is 31.8 Å². The van der Waals surface area contributed by atoms with Crippen LogP contribution in [0.5, 0.6) is 0 Å². The monoisotopic (exact) mass is 428 g/mol. The molecule has 1 N–H and O–H groups in total. The Morgan fingerprint density at radius 3 is 2.56 bits per heavy atom. The highest BCUT2D eigenvalue weighted by Gasteiger charge is 2.20. The van der Waals surface area contributed by atoms with Crippen LogP contribution in [0, 0.1) is 11.3 Å². The fraction of sp³-hybridized carbons (Fsp3) is 0.350. The van der Waals surface area contributed by atoms with Crippen LogP contribution in [0.4, 0.5) is 5.69 Å². The van der Waals surface area contributed by atoms with Crippen molar-refractivity contribution >= 4 is 27.5 Å². The molecule has 0 unspecified atom stereocenters. The predicted molar refractivity (Wildman–Crippen MR) is 108 cm³/mol. The van der Waals surface area contributed by atoms with Crippen molar-refractivity contribution in [3.8, 4) is 6.07 Å². The van der Waals surface area contributed by atoms with E-state index in [9.17, 15) is 9.59 Å². The third kappa shape index (κ3) is 5.20. The van der Waals surface area contributed by atoms with E-state index in [0.29, 0.717) is 12.1 Å². The van der Waals surface area contributed by atoms with Gasteiger partial charge in [-0.3, -0.25) is 9.59 Å². The molecule has 0 saturated carbocycles.